The molecule has 2 aromatic heterocycles. The quantitative estimate of drug-likeness (QED) is 0.793. The van der Waals surface area contributed by atoms with E-state index in [2.05, 4.69) is 52.0 Å². The molecule has 1 aromatic carbocycles. The molecular weight excluding hydrogens is 256 g/mol. The molecule has 3 rings (SSSR count). The van der Waals surface area contributed by atoms with Gasteiger partial charge >= 0.3 is 0 Å². The van der Waals surface area contributed by atoms with E-state index in [0.29, 0.717) is 0 Å². The number of benzene rings is 1. The molecule has 0 fully saturated rings. The Morgan fingerprint density at radius 1 is 1.37 bits per heavy atom. The average molecular weight is 272 g/mol. The molecule has 0 unspecified atom stereocenters. The highest BCUT2D eigenvalue weighted by Crippen LogP contribution is 2.29. The van der Waals surface area contributed by atoms with Crippen LogP contribution in [-0.4, -0.2) is 22.0 Å². The molecule has 4 nitrogen and oxygen atoms in total. The van der Waals surface area contributed by atoms with Crippen molar-refractivity contribution in [1.82, 2.24) is 15.0 Å². The maximum Gasteiger partial charge on any atom is 0.186 e. The Hall–Kier alpha value is -1.88. The third kappa shape index (κ3) is 2.46. The monoisotopic (exact) mass is 272 g/mol. The molecule has 0 aliphatic heterocycles. The van der Waals surface area contributed by atoms with Gasteiger partial charge in [-0.25, -0.2) is 9.97 Å². The maximum absolute atomic E-state index is 4.68. The van der Waals surface area contributed by atoms with Crippen molar-refractivity contribution in [2.75, 3.05) is 11.9 Å². The highest BCUT2D eigenvalue weighted by molar-refractivity contribution is 7.22. The first kappa shape index (κ1) is 12.2. The predicted molar refractivity (Wildman–Crippen MR) is 79.7 cm³/mol. The van der Waals surface area contributed by atoms with E-state index < -0.39 is 0 Å². The molecule has 0 spiro atoms. The Morgan fingerprint density at radius 2 is 2.26 bits per heavy atom. The van der Waals surface area contributed by atoms with Gasteiger partial charge in [0.25, 0.3) is 0 Å². The van der Waals surface area contributed by atoms with Crippen molar-refractivity contribution in [3.05, 3.63) is 42.0 Å². The zero-order valence-corrected chi connectivity index (χ0v) is 11.9. The van der Waals surface area contributed by atoms with Crippen LogP contribution in [0.3, 0.4) is 0 Å². The molecule has 0 atom stereocenters. The van der Waals surface area contributed by atoms with Crippen LogP contribution < -0.4 is 4.90 Å². The molecule has 2 heterocycles. The number of aryl methyl sites for hydroxylation is 1. The summed E-state index contributed by atoms with van der Waals surface area (Å²) in [6, 6.07) is 6.50. The maximum atomic E-state index is 4.68. The summed E-state index contributed by atoms with van der Waals surface area (Å²) in [5.41, 5.74) is 3.53. The Balaban J connectivity index is 1.88. The first-order valence-corrected chi connectivity index (χ1v) is 7.16. The fourth-order valence-corrected chi connectivity index (χ4v) is 3.02. The van der Waals surface area contributed by atoms with Gasteiger partial charge < -0.3 is 9.88 Å². The largest absolute Gasteiger partial charge is 0.347 e. The van der Waals surface area contributed by atoms with E-state index in [1.54, 1.807) is 17.7 Å². The zero-order chi connectivity index (χ0) is 13.2. The SMILES string of the molecule is CCc1ccc2nc(N(C)Cc3cnc[nH]3)sc2c1. The van der Waals surface area contributed by atoms with Crippen molar-refractivity contribution >= 4 is 26.7 Å². The van der Waals surface area contributed by atoms with E-state index >= 15 is 0 Å². The standard InChI is InChI=1S/C14H16N4S/c1-3-10-4-5-12-13(6-10)19-14(17-12)18(2)8-11-7-15-9-16-11/h4-7,9H,3,8H2,1-2H3,(H,15,16). The lowest BCUT2D eigenvalue weighted by Crippen LogP contribution is -2.16. The lowest BCUT2D eigenvalue weighted by Gasteiger charge is -2.13. The van der Waals surface area contributed by atoms with Crippen LogP contribution in [0.15, 0.2) is 30.7 Å². The number of imidazole rings is 1. The van der Waals surface area contributed by atoms with Gasteiger partial charge in [0, 0.05) is 13.2 Å². The minimum absolute atomic E-state index is 0.792. The second-order valence-corrected chi connectivity index (χ2v) is 5.59. The van der Waals surface area contributed by atoms with Crippen LogP contribution in [0.4, 0.5) is 5.13 Å². The summed E-state index contributed by atoms with van der Waals surface area (Å²) in [7, 11) is 2.05. The van der Waals surface area contributed by atoms with Crippen molar-refractivity contribution in [2.45, 2.75) is 19.9 Å². The summed E-state index contributed by atoms with van der Waals surface area (Å²) in [4.78, 5) is 14.0. The lowest BCUT2D eigenvalue weighted by atomic mass is 10.2. The van der Waals surface area contributed by atoms with Gasteiger partial charge in [0.1, 0.15) is 0 Å². The smallest absolute Gasteiger partial charge is 0.186 e. The van der Waals surface area contributed by atoms with Crippen molar-refractivity contribution in [3.63, 3.8) is 0 Å². The first-order chi connectivity index (χ1) is 9.26. The third-order valence-corrected chi connectivity index (χ3v) is 4.27. The number of nitrogens with one attached hydrogen (secondary N) is 1. The fraction of sp³-hybridized carbons (Fsp3) is 0.286. The van der Waals surface area contributed by atoms with Gasteiger partial charge in [-0.05, 0) is 24.1 Å². The molecule has 0 radical (unpaired) electrons. The number of H-pyrrole nitrogens is 1. The molecular formula is C14H16N4S. The molecule has 0 amide bonds. The van der Waals surface area contributed by atoms with Crippen LogP contribution in [0.25, 0.3) is 10.2 Å². The summed E-state index contributed by atoms with van der Waals surface area (Å²) < 4.78 is 1.26. The number of nitrogens with zero attached hydrogens (tertiary/aromatic N) is 3. The number of fused-ring (bicyclic) bond motifs is 1. The summed E-state index contributed by atoms with van der Waals surface area (Å²) in [5, 5.41) is 1.04. The van der Waals surface area contributed by atoms with Crippen LogP contribution in [0.2, 0.25) is 0 Å². The van der Waals surface area contributed by atoms with Crippen molar-refractivity contribution in [2.24, 2.45) is 0 Å². The van der Waals surface area contributed by atoms with E-state index in [9.17, 15) is 0 Å². The van der Waals surface area contributed by atoms with Gasteiger partial charge in [0.05, 0.1) is 28.8 Å². The van der Waals surface area contributed by atoms with Gasteiger partial charge in [-0.3, -0.25) is 0 Å². The highest BCUT2D eigenvalue weighted by Gasteiger charge is 2.09. The van der Waals surface area contributed by atoms with Gasteiger partial charge in [0.15, 0.2) is 5.13 Å². The number of hydrogen-bond acceptors (Lipinski definition) is 4. The minimum atomic E-state index is 0.792. The highest BCUT2D eigenvalue weighted by atomic mass is 32.1. The van der Waals surface area contributed by atoms with E-state index in [1.165, 1.54) is 10.3 Å². The molecule has 0 aliphatic rings. The topological polar surface area (TPSA) is 44.8 Å². The number of rotatable bonds is 4. The van der Waals surface area contributed by atoms with Crippen molar-refractivity contribution < 1.29 is 0 Å². The van der Waals surface area contributed by atoms with E-state index in [-0.39, 0.29) is 0 Å². The molecule has 0 saturated heterocycles. The predicted octanol–water partition coefficient (Wildman–Crippen LogP) is 3.22. The van der Waals surface area contributed by atoms with E-state index in [1.807, 2.05) is 6.20 Å². The number of hydrogen-bond donors (Lipinski definition) is 1. The van der Waals surface area contributed by atoms with Gasteiger partial charge in [-0.2, -0.15) is 0 Å². The first-order valence-electron chi connectivity index (χ1n) is 6.34. The second-order valence-electron chi connectivity index (χ2n) is 4.58. The fourth-order valence-electron chi connectivity index (χ4n) is 2.03. The molecule has 98 valence electrons. The summed E-state index contributed by atoms with van der Waals surface area (Å²) >= 11 is 1.74. The number of aromatic amines is 1. The van der Waals surface area contributed by atoms with Gasteiger partial charge in [-0.1, -0.05) is 24.3 Å². The van der Waals surface area contributed by atoms with Crippen molar-refractivity contribution in [3.8, 4) is 0 Å². The van der Waals surface area contributed by atoms with Crippen LogP contribution in [0.1, 0.15) is 18.2 Å². The Labute approximate surface area is 116 Å². The molecule has 19 heavy (non-hydrogen) atoms. The van der Waals surface area contributed by atoms with Crippen molar-refractivity contribution in [1.29, 1.82) is 0 Å². The number of aromatic nitrogens is 3. The normalized spacial score (nSPS) is 11.1. The minimum Gasteiger partial charge on any atom is -0.347 e. The molecule has 0 bridgehead atoms. The summed E-state index contributed by atoms with van der Waals surface area (Å²) in [6.07, 6.45) is 4.61. The zero-order valence-electron chi connectivity index (χ0n) is 11.1. The van der Waals surface area contributed by atoms with Crippen LogP contribution >= 0.6 is 11.3 Å². The Kier molecular flexibility index (Phi) is 3.21. The molecule has 3 aromatic rings. The van der Waals surface area contributed by atoms with Gasteiger partial charge in [-0.15, -0.1) is 0 Å². The molecule has 0 aliphatic carbocycles. The molecule has 0 saturated carbocycles. The summed E-state index contributed by atoms with van der Waals surface area (Å²) in [6.45, 7) is 2.97. The Bertz CT molecular complexity index is 672. The van der Waals surface area contributed by atoms with E-state index in [4.69, 9.17) is 0 Å². The molecule has 5 heteroatoms. The number of anilines is 1. The lowest BCUT2D eigenvalue weighted by molar-refractivity contribution is 0.890. The van der Waals surface area contributed by atoms with Gasteiger partial charge in [0.2, 0.25) is 0 Å². The van der Waals surface area contributed by atoms with Crippen LogP contribution in [0.5, 0.6) is 0 Å². The number of thiazole rings is 1. The van der Waals surface area contributed by atoms with Crippen LogP contribution in [0, 0.1) is 0 Å². The average Bonchev–Trinajstić information content (AvgIpc) is 3.05. The van der Waals surface area contributed by atoms with E-state index in [0.717, 1.165) is 29.3 Å². The molecule has 1 N–H and O–H groups in total. The second kappa shape index (κ2) is 5.01. The van der Waals surface area contributed by atoms with Crippen LogP contribution in [-0.2, 0) is 13.0 Å². The summed E-state index contributed by atoms with van der Waals surface area (Å²) in [5.74, 6) is 0. The third-order valence-electron chi connectivity index (χ3n) is 3.14. The Morgan fingerprint density at radius 3 is 3.00 bits per heavy atom.